The highest BCUT2D eigenvalue weighted by Gasteiger charge is 2.24. The fourth-order valence-electron chi connectivity index (χ4n) is 3.10. The number of ether oxygens (including phenoxy) is 2. The number of para-hydroxylation sites is 3. The third-order valence-corrected chi connectivity index (χ3v) is 4.60. The second-order valence-corrected chi connectivity index (χ2v) is 6.89. The highest BCUT2D eigenvalue weighted by Crippen LogP contribution is 2.31. The van der Waals surface area contributed by atoms with Crippen molar-refractivity contribution < 1.29 is 18.7 Å². The first kappa shape index (κ1) is 24.7. The first-order valence-electron chi connectivity index (χ1n) is 9.96. The molecule has 0 bridgehead atoms. The van der Waals surface area contributed by atoms with Crippen LogP contribution in [0.3, 0.4) is 0 Å². The van der Waals surface area contributed by atoms with E-state index in [-0.39, 0.29) is 54.2 Å². The van der Waals surface area contributed by atoms with E-state index in [2.05, 4.69) is 15.6 Å². The molecule has 31 heavy (non-hydrogen) atoms. The number of hydrogen-bond donors (Lipinski definition) is 2. The molecule has 1 unspecified atom stereocenters. The molecule has 0 fully saturated rings. The Morgan fingerprint density at radius 1 is 1.23 bits per heavy atom. The summed E-state index contributed by atoms with van der Waals surface area (Å²) >= 11 is 0. The van der Waals surface area contributed by atoms with Gasteiger partial charge in [0.25, 0.3) is 5.91 Å². The van der Waals surface area contributed by atoms with Gasteiger partial charge in [0.2, 0.25) is 0 Å². The van der Waals surface area contributed by atoms with Gasteiger partial charge in [0.15, 0.2) is 24.1 Å². The minimum atomic E-state index is -0.383. The number of benzene rings is 2. The Balaban J connectivity index is 0.00000341. The first-order chi connectivity index (χ1) is 14.6. The van der Waals surface area contributed by atoms with Crippen molar-refractivity contribution in [1.82, 2.24) is 10.6 Å². The summed E-state index contributed by atoms with van der Waals surface area (Å²) in [4.78, 5) is 18.1. The van der Waals surface area contributed by atoms with Gasteiger partial charge in [-0.1, -0.05) is 24.3 Å². The molecular weight excluding hydrogens is 514 g/mol. The average molecular weight is 542 g/mol. The van der Waals surface area contributed by atoms with E-state index in [4.69, 9.17) is 9.47 Å². The van der Waals surface area contributed by atoms with Crippen LogP contribution in [0.4, 0.5) is 10.1 Å². The van der Waals surface area contributed by atoms with Crippen molar-refractivity contribution >= 4 is 41.5 Å². The number of anilines is 1. The lowest BCUT2D eigenvalue weighted by molar-refractivity contribution is -0.121. The summed E-state index contributed by atoms with van der Waals surface area (Å²) in [7, 11) is 1.68. The molecule has 1 amide bonds. The number of halogens is 2. The van der Waals surface area contributed by atoms with Gasteiger partial charge in [-0.25, -0.2) is 4.39 Å². The molecule has 0 aliphatic carbocycles. The number of amides is 1. The van der Waals surface area contributed by atoms with Gasteiger partial charge in [0.1, 0.15) is 11.9 Å². The second-order valence-electron chi connectivity index (χ2n) is 6.89. The number of guanidine groups is 1. The molecule has 2 N–H and O–H groups in total. The lowest BCUT2D eigenvalue weighted by Crippen LogP contribution is -2.43. The van der Waals surface area contributed by atoms with E-state index in [0.717, 1.165) is 17.9 Å². The Bertz CT molecular complexity index is 897. The lowest BCUT2D eigenvalue weighted by atomic mass is 10.2. The topological polar surface area (TPSA) is 75.2 Å². The Labute approximate surface area is 199 Å². The van der Waals surface area contributed by atoms with Crippen LogP contribution in [0.1, 0.15) is 13.3 Å². The zero-order valence-electron chi connectivity index (χ0n) is 17.6. The largest absolute Gasteiger partial charge is 0.486 e. The molecule has 1 heterocycles. The van der Waals surface area contributed by atoms with Gasteiger partial charge in [0.05, 0.1) is 12.2 Å². The molecule has 0 radical (unpaired) electrons. The van der Waals surface area contributed by atoms with Gasteiger partial charge in [-0.3, -0.25) is 9.79 Å². The Kier molecular flexibility index (Phi) is 9.83. The van der Waals surface area contributed by atoms with Gasteiger partial charge in [-0.05, 0) is 37.6 Å². The molecule has 0 saturated heterocycles. The number of carbonyl (C=O) groups is 1. The highest BCUT2D eigenvalue weighted by atomic mass is 127. The van der Waals surface area contributed by atoms with Crippen LogP contribution in [0, 0.1) is 5.82 Å². The summed E-state index contributed by atoms with van der Waals surface area (Å²) < 4.78 is 24.8. The average Bonchev–Trinajstić information content (AvgIpc) is 2.76. The van der Waals surface area contributed by atoms with E-state index < -0.39 is 0 Å². The van der Waals surface area contributed by atoms with Gasteiger partial charge in [-0.2, -0.15) is 0 Å². The van der Waals surface area contributed by atoms with E-state index in [1.165, 1.54) is 6.07 Å². The standard InChI is InChI=1S/C22H27FN4O3.HI/c1-16(30-19-10-5-3-8-17(19)23)14-26-22(24-2)25-12-7-13-27-18-9-4-6-11-20(18)29-15-21(27)28;/h3-6,8-11,16H,7,12-15H2,1-2H3,(H2,24,25,26);1H. The van der Waals surface area contributed by atoms with Crippen molar-refractivity contribution in [2.45, 2.75) is 19.4 Å². The lowest BCUT2D eigenvalue weighted by Gasteiger charge is -2.29. The van der Waals surface area contributed by atoms with Crippen LogP contribution in [0.5, 0.6) is 11.5 Å². The molecule has 0 aromatic heterocycles. The molecule has 2 aromatic carbocycles. The quantitative estimate of drug-likeness (QED) is 0.232. The third kappa shape index (κ3) is 6.98. The Hall–Kier alpha value is -2.56. The number of carbonyl (C=O) groups excluding carboxylic acids is 1. The Morgan fingerprint density at radius 3 is 2.74 bits per heavy atom. The number of rotatable bonds is 8. The number of nitrogens with one attached hydrogen (secondary N) is 2. The van der Waals surface area contributed by atoms with Crippen molar-refractivity contribution in [1.29, 1.82) is 0 Å². The number of hydrogen-bond acceptors (Lipinski definition) is 4. The normalized spacial score (nSPS) is 14.1. The summed E-state index contributed by atoms with van der Waals surface area (Å²) in [5.74, 6) is 1.14. The molecule has 0 saturated carbocycles. The molecule has 7 nitrogen and oxygen atoms in total. The van der Waals surface area contributed by atoms with Crippen LogP contribution >= 0.6 is 24.0 Å². The van der Waals surface area contributed by atoms with E-state index in [1.807, 2.05) is 31.2 Å². The van der Waals surface area contributed by atoms with Crippen molar-refractivity contribution in [3.8, 4) is 11.5 Å². The van der Waals surface area contributed by atoms with E-state index in [0.29, 0.717) is 25.6 Å². The summed E-state index contributed by atoms with van der Waals surface area (Å²) in [6, 6.07) is 13.9. The maximum absolute atomic E-state index is 13.7. The zero-order valence-corrected chi connectivity index (χ0v) is 20.0. The molecule has 9 heteroatoms. The van der Waals surface area contributed by atoms with Crippen molar-refractivity contribution in [3.05, 3.63) is 54.3 Å². The fourth-order valence-corrected chi connectivity index (χ4v) is 3.10. The van der Waals surface area contributed by atoms with Crippen LogP contribution in [0.25, 0.3) is 0 Å². The molecule has 1 aliphatic rings. The number of aliphatic imine (C=N–C) groups is 1. The van der Waals surface area contributed by atoms with Crippen LogP contribution in [-0.4, -0.2) is 51.3 Å². The van der Waals surface area contributed by atoms with Crippen molar-refractivity contribution in [2.75, 3.05) is 38.2 Å². The van der Waals surface area contributed by atoms with E-state index in [9.17, 15) is 9.18 Å². The van der Waals surface area contributed by atoms with Crippen LogP contribution in [0.15, 0.2) is 53.5 Å². The monoisotopic (exact) mass is 542 g/mol. The minimum absolute atomic E-state index is 0. The molecule has 2 aromatic rings. The molecular formula is C22H28FIN4O3. The predicted molar refractivity (Wildman–Crippen MR) is 130 cm³/mol. The Morgan fingerprint density at radius 2 is 1.97 bits per heavy atom. The zero-order chi connectivity index (χ0) is 21.3. The summed E-state index contributed by atoms with van der Waals surface area (Å²) in [6.07, 6.45) is 0.491. The fraction of sp³-hybridized carbons (Fsp3) is 0.364. The number of fused-ring (bicyclic) bond motifs is 1. The van der Waals surface area contributed by atoms with Gasteiger partial charge in [0, 0.05) is 20.1 Å². The second kappa shape index (κ2) is 12.3. The smallest absolute Gasteiger partial charge is 0.265 e. The van der Waals surface area contributed by atoms with E-state index in [1.54, 1.807) is 30.1 Å². The van der Waals surface area contributed by atoms with Crippen LogP contribution < -0.4 is 25.0 Å². The maximum Gasteiger partial charge on any atom is 0.265 e. The van der Waals surface area contributed by atoms with Gasteiger partial charge in [-0.15, -0.1) is 24.0 Å². The molecule has 3 rings (SSSR count). The minimum Gasteiger partial charge on any atom is -0.486 e. The van der Waals surface area contributed by atoms with Crippen molar-refractivity contribution in [2.24, 2.45) is 4.99 Å². The molecule has 1 atom stereocenters. The van der Waals surface area contributed by atoms with Gasteiger partial charge >= 0.3 is 0 Å². The van der Waals surface area contributed by atoms with Crippen molar-refractivity contribution in [3.63, 3.8) is 0 Å². The molecule has 0 spiro atoms. The summed E-state index contributed by atoms with van der Waals surface area (Å²) in [5.41, 5.74) is 0.801. The predicted octanol–water partition coefficient (Wildman–Crippen LogP) is 3.19. The first-order valence-corrected chi connectivity index (χ1v) is 9.96. The number of nitrogens with zero attached hydrogens (tertiary/aromatic N) is 2. The molecule has 1 aliphatic heterocycles. The highest BCUT2D eigenvalue weighted by molar-refractivity contribution is 14.0. The van der Waals surface area contributed by atoms with Crippen LogP contribution in [-0.2, 0) is 4.79 Å². The maximum atomic E-state index is 13.7. The van der Waals surface area contributed by atoms with Gasteiger partial charge < -0.3 is 25.0 Å². The van der Waals surface area contributed by atoms with Crippen LogP contribution in [0.2, 0.25) is 0 Å². The summed E-state index contributed by atoms with van der Waals surface area (Å²) in [5, 5.41) is 6.38. The molecule has 168 valence electrons. The summed E-state index contributed by atoms with van der Waals surface area (Å²) in [6.45, 7) is 3.59. The third-order valence-electron chi connectivity index (χ3n) is 4.60. The van der Waals surface area contributed by atoms with E-state index >= 15 is 0 Å². The SMILES string of the molecule is CN=C(NCCCN1C(=O)COc2ccccc21)NCC(C)Oc1ccccc1F.I.